The number of furan rings is 2. The monoisotopic (exact) mass is 741 g/mol. The highest BCUT2D eigenvalue weighted by Gasteiger charge is 2.19. The lowest BCUT2D eigenvalue weighted by atomic mass is 9.99. The van der Waals surface area contributed by atoms with E-state index in [0.29, 0.717) is 17.5 Å². The smallest absolute Gasteiger partial charge is 0.164 e. The number of para-hydroxylation sites is 1. The summed E-state index contributed by atoms with van der Waals surface area (Å²) in [5.41, 5.74) is 10.6. The van der Waals surface area contributed by atoms with Gasteiger partial charge in [-0.05, 0) is 92.3 Å². The van der Waals surface area contributed by atoms with Crippen molar-refractivity contribution in [2.45, 2.75) is 0 Å². The van der Waals surface area contributed by atoms with Crippen LogP contribution < -0.4 is 0 Å². The molecular weight excluding hydrogens is 711 g/mol. The van der Waals surface area contributed by atoms with Crippen LogP contribution in [-0.4, -0.2) is 15.0 Å². The molecule has 0 bridgehead atoms. The Bertz CT molecular complexity index is 3570. The van der Waals surface area contributed by atoms with E-state index in [4.69, 9.17) is 23.8 Å². The SMILES string of the molecule is c1ccc(-c2ccc3cc(-c4nc(-c5ccc6c(ccc7oc8ccccc8c76)c5)nc(-c5cccc6oc7cc(-c8ccccc8)ccc7c56)n4)ccc3c2)cc1. The van der Waals surface area contributed by atoms with Crippen molar-refractivity contribution >= 4 is 65.4 Å². The molecule has 5 heteroatoms. The van der Waals surface area contributed by atoms with E-state index in [1.54, 1.807) is 0 Å². The highest BCUT2D eigenvalue weighted by molar-refractivity contribution is 6.19. The van der Waals surface area contributed by atoms with Gasteiger partial charge in [0.25, 0.3) is 0 Å². The summed E-state index contributed by atoms with van der Waals surface area (Å²) < 4.78 is 12.7. The summed E-state index contributed by atoms with van der Waals surface area (Å²) in [7, 11) is 0. The number of fused-ring (bicyclic) bond motifs is 9. The maximum absolute atomic E-state index is 6.52. The van der Waals surface area contributed by atoms with Crippen molar-refractivity contribution in [3.05, 3.63) is 188 Å². The van der Waals surface area contributed by atoms with Crippen molar-refractivity contribution in [1.82, 2.24) is 15.0 Å². The lowest BCUT2D eigenvalue weighted by molar-refractivity contribution is 0.669. The second kappa shape index (κ2) is 12.8. The zero-order valence-electron chi connectivity index (χ0n) is 31.1. The maximum Gasteiger partial charge on any atom is 0.164 e. The van der Waals surface area contributed by atoms with E-state index in [1.807, 2.05) is 36.4 Å². The molecule has 0 N–H and O–H groups in total. The predicted octanol–water partition coefficient (Wildman–Crippen LogP) is 14.3. The molecule has 0 aliphatic rings. The Morgan fingerprint density at radius 1 is 0.276 bits per heavy atom. The third kappa shape index (κ3) is 5.29. The fourth-order valence-corrected chi connectivity index (χ4v) is 8.46. The Hall–Kier alpha value is -7.89. The summed E-state index contributed by atoms with van der Waals surface area (Å²) in [6.07, 6.45) is 0. The van der Waals surface area contributed by atoms with Gasteiger partial charge in [0.05, 0.1) is 0 Å². The van der Waals surface area contributed by atoms with E-state index in [0.717, 1.165) is 93.2 Å². The van der Waals surface area contributed by atoms with Gasteiger partial charge < -0.3 is 8.83 Å². The molecule has 3 aromatic heterocycles. The molecule has 5 nitrogen and oxygen atoms in total. The summed E-state index contributed by atoms with van der Waals surface area (Å²) in [6.45, 7) is 0. The molecule has 58 heavy (non-hydrogen) atoms. The molecule has 0 atom stereocenters. The molecule has 9 aromatic carbocycles. The van der Waals surface area contributed by atoms with Gasteiger partial charge >= 0.3 is 0 Å². The lowest BCUT2D eigenvalue weighted by Crippen LogP contribution is -2.00. The highest BCUT2D eigenvalue weighted by Crippen LogP contribution is 2.40. The standard InChI is InChI=1S/C53H31N3O2/c1-3-10-32(11-4-1)34-18-19-36-29-39(21-20-35(36)28-34)51-54-52(40-23-25-41-38(30-40)24-27-47-49(41)42-14-7-8-16-45(42)57-47)56-53(55-51)44-15-9-17-46-50(44)43-26-22-37(31-48(43)58-46)33-12-5-2-6-13-33/h1-31H. The zero-order chi connectivity index (χ0) is 38.2. The molecule has 0 saturated carbocycles. The van der Waals surface area contributed by atoms with Gasteiger partial charge in [0, 0.05) is 38.2 Å². The largest absolute Gasteiger partial charge is 0.456 e. The van der Waals surface area contributed by atoms with Gasteiger partial charge in [-0.3, -0.25) is 0 Å². The van der Waals surface area contributed by atoms with Gasteiger partial charge in [-0.15, -0.1) is 0 Å². The van der Waals surface area contributed by atoms with Gasteiger partial charge in [-0.1, -0.05) is 140 Å². The lowest BCUT2D eigenvalue weighted by Gasteiger charge is -2.11. The topological polar surface area (TPSA) is 65.0 Å². The number of rotatable bonds is 5. The fourth-order valence-electron chi connectivity index (χ4n) is 8.46. The Balaban J connectivity index is 1.04. The van der Waals surface area contributed by atoms with Crippen LogP contribution in [0.4, 0.5) is 0 Å². The molecular formula is C53H31N3O2. The predicted molar refractivity (Wildman–Crippen MR) is 237 cm³/mol. The number of benzene rings is 9. The van der Waals surface area contributed by atoms with E-state index in [-0.39, 0.29) is 0 Å². The summed E-state index contributed by atoms with van der Waals surface area (Å²) in [5, 5.41) is 8.65. The first-order valence-corrected chi connectivity index (χ1v) is 19.4. The fraction of sp³-hybridized carbons (Fsp3) is 0. The average molecular weight is 742 g/mol. The first-order chi connectivity index (χ1) is 28.7. The minimum absolute atomic E-state index is 0.580. The number of hydrogen-bond acceptors (Lipinski definition) is 5. The van der Waals surface area contributed by atoms with Crippen LogP contribution in [0.5, 0.6) is 0 Å². The van der Waals surface area contributed by atoms with Crippen molar-refractivity contribution < 1.29 is 8.83 Å². The molecule has 0 saturated heterocycles. The first-order valence-electron chi connectivity index (χ1n) is 19.4. The van der Waals surface area contributed by atoms with Crippen LogP contribution in [0.25, 0.3) is 122 Å². The van der Waals surface area contributed by atoms with Crippen molar-refractivity contribution in [2.75, 3.05) is 0 Å². The first kappa shape index (κ1) is 32.4. The van der Waals surface area contributed by atoms with Gasteiger partial charge in [0.15, 0.2) is 17.5 Å². The molecule has 0 fully saturated rings. The second-order valence-corrected chi connectivity index (χ2v) is 14.8. The van der Waals surface area contributed by atoms with Gasteiger partial charge in [-0.25, -0.2) is 15.0 Å². The number of nitrogens with zero attached hydrogens (tertiary/aromatic N) is 3. The van der Waals surface area contributed by atoms with Gasteiger partial charge in [0.1, 0.15) is 22.3 Å². The molecule has 270 valence electrons. The maximum atomic E-state index is 6.52. The minimum atomic E-state index is 0.580. The van der Waals surface area contributed by atoms with Crippen molar-refractivity contribution in [1.29, 1.82) is 0 Å². The van der Waals surface area contributed by atoms with Crippen LogP contribution in [-0.2, 0) is 0 Å². The van der Waals surface area contributed by atoms with E-state index in [9.17, 15) is 0 Å². The van der Waals surface area contributed by atoms with Crippen LogP contribution in [0.3, 0.4) is 0 Å². The van der Waals surface area contributed by atoms with Crippen LogP contribution in [0, 0.1) is 0 Å². The Morgan fingerprint density at radius 2 is 0.793 bits per heavy atom. The van der Waals surface area contributed by atoms with Crippen LogP contribution >= 0.6 is 0 Å². The number of aromatic nitrogens is 3. The van der Waals surface area contributed by atoms with Crippen LogP contribution in [0.2, 0.25) is 0 Å². The molecule has 0 amide bonds. The molecule has 0 aliphatic heterocycles. The normalized spacial score (nSPS) is 11.8. The van der Waals surface area contributed by atoms with Crippen molar-refractivity contribution in [3.8, 4) is 56.4 Å². The van der Waals surface area contributed by atoms with Crippen LogP contribution in [0.15, 0.2) is 197 Å². The quantitative estimate of drug-likeness (QED) is 0.176. The zero-order valence-corrected chi connectivity index (χ0v) is 31.1. The molecule has 0 spiro atoms. The Kier molecular flexibility index (Phi) is 7.16. The molecule has 3 heterocycles. The number of hydrogen-bond donors (Lipinski definition) is 0. The average Bonchev–Trinajstić information content (AvgIpc) is 3.87. The van der Waals surface area contributed by atoms with Crippen molar-refractivity contribution in [3.63, 3.8) is 0 Å². The second-order valence-electron chi connectivity index (χ2n) is 14.8. The van der Waals surface area contributed by atoms with Gasteiger partial charge in [0.2, 0.25) is 0 Å². The van der Waals surface area contributed by atoms with E-state index in [2.05, 4.69) is 152 Å². The van der Waals surface area contributed by atoms with Crippen molar-refractivity contribution in [2.24, 2.45) is 0 Å². The van der Waals surface area contributed by atoms with E-state index < -0.39 is 0 Å². The Morgan fingerprint density at radius 3 is 1.57 bits per heavy atom. The molecule has 0 unspecified atom stereocenters. The summed E-state index contributed by atoms with van der Waals surface area (Å²) in [4.78, 5) is 15.7. The highest BCUT2D eigenvalue weighted by atomic mass is 16.3. The summed E-state index contributed by atoms with van der Waals surface area (Å²) >= 11 is 0. The summed E-state index contributed by atoms with van der Waals surface area (Å²) in [6, 6.07) is 65.2. The third-order valence-corrected chi connectivity index (χ3v) is 11.3. The van der Waals surface area contributed by atoms with E-state index >= 15 is 0 Å². The molecule has 12 aromatic rings. The third-order valence-electron chi connectivity index (χ3n) is 11.3. The molecule has 0 aliphatic carbocycles. The van der Waals surface area contributed by atoms with Gasteiger partial charge in [-0.2, -0.15) is 0 Å². The molecule has 12 rings (SSSR count). The Labute approximate surface area is 332 Å². The summed E-state index contributed by atoms with van der Waals surface area (Å²) in [5.74, 6) is 1.77. The van der Waals surface area contributed by atoms with Crippen LogP contribution in [0.1, 0.15) is 0 Å². The minimum Gasteiger partial charge on any atom is -0.456 e. The van der Waals surface area contributed by atoms with E-state index in [1.165, 1.54) is 11.1 Å². The molecule has 0 radical (unpaired) electrons.